The van der Waals surface area contributed by atoms with Crippen LogP contribution in [0.1, 0.15) is 12.5 Å². The fourth-order valence-electron chi connectivity index (χ4n) is 2.55. The molecule has 6 nitrogen and oxygen atoms in total. The van der Waals surface area contributed by atoms with Gasteiger partial charge in [0, 0.05) is 10.0 Å². The predicted molar refractivity (Wildman–Crippen MR) is 101 cm³/mol. The van der Waals surface area contributed by atoms with Crippen molar-refractivity contribution in [2.24, 2.45) is 0 Å². The first-order valence-electron chi connectivity index (χ1n) is 7.90. The lowest BCUT2D eigenvalue weighted by Crippen LogP contribution is -2.54. The first kappa shape index (κ1) is 17.9. The smallest absolute Gasteiger partial charge is 0.335 e. The van der Waals surface area contributed by atoms with Crippen molar-refractivity contribution >= 4 is 45.5 Å². The number of halogens is 1. The van der Waals surface area contributed by atoms with Gasteiger partial charge in [-0.1, -0.05) is 40.2 Å². The van der Waals surface area contributed by atoms with Gasteiger partial charge >= 0.3 is 6.03 Å². The molecular formula is C19H15BrN2O4. The number of urea groups is 1. The average Bonchev–Trinajstić information content (AvgIpc) is 2.60. The number of rotatable bonds is 4. The molecule has 0 atom stereocenters. The molecule has 7 heteroatoms. The summed E-state index contributed by atoms with van der Waals surface area (Å²) in [6.07, 6.45) is 1.43. The highest BCUT2D eigenvalue weighted by Crippen LogP contribution is 2.26. The van der Waals surface area contributed by atoms with Crippen molar-refractivity contribution in [1.82, 2.24) is 5.32 Å². The molecule has 2 aromatic carbocycles. The highest BCUT2D eigenvalue weighted by molar-refractivity contribution is 9.10. The van der Waals surface area contributed by atoms with Crippen molar-refractivity contribution in [1.29, 1.82) is 0 Å². The number of para-hydroxylation sites is 1. The summed E-state index contributed by atoms with van der Waals surface area (Å²) >= 11 is 3.31. The quantitative estimate of drug-likeness (QED) is 0.613. The molecule has 0 aromatic heterocycles. The van der Waals surface area contributed by atoms with Crippen LogP contribution in [0.2, 0.25) is 0 Å². The summed E-state index contributed by atoms with van der Waals surface area (Å²) in [5, 5.41) is 2.20. The minimum Gasteiger partial charge on any atom is -0.493 e. The Kier molecular flexibility index (Phi) is 5.18. The van der Waals surface area contributed by atoms with Gasteiger partial charge in [0.25, 0.3) is 11.8 Å². The third-order valence-corrected chi connectivity index (χ3v) is 4.18. The number of benzene rings is 2. The highest BCUT2D eigenvalue weighted by atomic mass is 79.9. The van der Waals surface area contributed by atoms with Gasteiger partial charge in [0.15, 0.2) is 0 Å². The van der Waals surface area contributed by atoms with Gasteiger partial charge in [0.05, 0.1) is 12.3 Å². The van der Waals surface area contributed by atoms with Gasteiger partial charge < -0.3 is 4.74 Å². The zero-order valence-electron chi connectivity index (χ0n) is 13.9. The Hall–Kier alpha value is -2.93. The topological polar surface area (TPSA) is 75.7 Å². The second-order valence-electron chi connectivity index (χ2n) is 5.41. The molecule has 3 rings (SSSR count). The molecule has 0 unspecified atom stereocenters. The molecule has 26 heavy (non-hydrogen) atoms. The summed E-state index contributed by atoms with van der Waals surface area (Å²) < 4.78 is 6.23. The molecule has 0 saturated carbocycles. The van der Waals surface area contributed by atoms with Crippen LogP contribution in [0.4, 0.5) is 10.5 Å². The maximum Gasteiger partial charge on any atom is 0.335 e. The normalized spacial score (nSPS) is 16.0. The van der Waals surface area contributed by atoms with Crippen LogP contribution in [0.3, 0.4) is 0 Å². The van der Waals surface area contributed by atoms with E-state index in [0.717, 1.165) is 4.90 Å². The van der Waals surface area contributed by atoms with Gasteiger partial charge in [-0.25, -0.2) is 9.69 Å². The summed E-state index contributed by atoms with van der Waals surface area (Å²) in [5.74, 6) is -0.880. The third-order valence-electron chi connectivity index (χ3n) is 3.69. The summed E-state index contributed by atoms with van der Waals surface area (Å²) in [6, 6.07) is 13.0. The van der Waals surface area contributed by atoms with E-state index in [1.165, 1.54) is 6.08 Å². The van der Waals surface area contributed by atoms with Gasteiger partial charge in [-0.05, 0) is 37.3 Å². The Morgan fingerprint density at radius 3 is 2.62 bits per heavy atom. The first-order valence-corrected chi connectivity index (χ1v) is 8.69. The van der Waals surface area contributed by atoms with Crippen LogP contribution in [0.25, 0.3) is 6.08 Å². The van der Waals surface area contributed by atoms with E-state index in [9.17, 15) is 14.4 Å². The zero-order valence-corrected chi connectivity index (χ0v) is 15.4. The highest BCUT2D eigenvalue weighted by Gasteiger charge is 2.37. The van der Waals surface area contributed by atoms with Crippen LogP contribution in [-0.4, -0.2) is 24.5 Å². The number of nitrogens with zero attached hydrogens (tertiary/aromatic N) is 1. The Morgan fingerprint density at radius 2 is 1.88 bits per heavy atom. The van der Waals surface area contributed by atoms with Crippen molar-refractivity contribution in [3.63, 3.8) is 0 Å². The summed E-state index contributed by atoms with van der Waals surface area (Å²) in [5.41, 5.74) is 0.798. The van der Waals surface area contributed by atoms with Crippen molar-refractivity contribution < 1.29 is 19.1 Å². The summed E-state index contributed by atoms with van der Waals surface area (Å²) in [6.45, 7) is 2.29. The van der Waals surface area contributed by atoms with Crippen molar-refractivity contribution in [3.05, 3.63) is 64.1 Å². The predicted octanol–water partition coefficient (Wildman–Crippen LogP) is 3.51. The number of carbonyl (C=O) groups excluding carboxylic acids is 3. The molecule has 1 heterocycles. The number of carbonyl (C=O) groups is 3. The number of anilines is 1. The number of barbiturate groups is 1. The average molecular weight is 415 g/mol. The van der Waals surface area contributed by atoms with E-state index in [-0.39, 0.29) is 5.57 Å². The van der Waals surface area contributed by atoms with Gasteiger partial charge in [-0.3, -0.25) is 14.9 Å². The molecule has 0 radical (unpaired) electrons. The van der Waals surface area contributed by atoms with Crippen molar-refractivity contribution in [3.8, 4) is 5.75 Å². The van der Waals surface area contributed by atoms with Crippen LogP contribution in [-0.2, 0) is 9.59 Å². The number of imide groups is 2. The van der Waals surface area contributed by atoms with Gasteiger partial charge in [0.1, 0.15) is 11.3 Å². The molecule has 1 saturated heterocycles. The minimum atomic E-state index is -0.784. The molecule has 1 aliphatic heterocycles. The van der Waals surface area contributed by atoms with E-state index in [2.05, 4.69) is 21.2 Å². The zero-order chi connectivity index (χ0) is 18.7. The van der Waals surface area contributed by atoms with Crippen molar-refractivity contribution in [2.75, 3.05) is 11.5 Å². The van der Waals surface area contributed by atoms with E-state index in [4.69, 9.17) is 4.74 Å². The van der Waals surface area contributed by atoms with E-state index < -0.39 is 17.8 Å². The lowest BCUT2D eigenvalue weighted by molar-refractivity contribution is -0.122. The molecular weight excluding hydrogens is 400 g/mol. The third kappa shape index (κ3) is 3.52. The Balaban J connectivity index is 2.03. The maximum atomic E-state index is 12.9. The SMILES string of the molecule is CCOc1ccccc1/C=C1\C(=O)NC(=O)N(c2cccc(Br)c2)C1=O. The van der Waals surface area contributed by atoms with E-state index >= 15 is 0 Å². The number of hydrogen-bond donors (Lipinski definition) is 1. The first-order chi connectivity index (χ1) is 12.5. The van der Waals surface area contributed by atoms with Gasteiger partial charge in [-0.15, -0.1) is 0 Å². The second-order valence-corrected chi connectivity index (χ2v) is 6.32. The Bertz CT molecular complexity index is 923. The minimum absolute atomic E-state index is 0.142. The van der Waals surface area contributed by atoms with E-state index in [0.29, 0.717) is 28.1 Å². The molecule has 132 valence electrons. The van der Waals surface area contributed by atoms with E-state index in [1.54, 1.807) is 48.5 Å². The Labute approximate surface area is 158 Å². The second kappa shape index (κ2) is 7.53. The maximum absolute atomic E-state index is 12.9. The molecule has 0 spiro atoms. The number of ether oxygens (including phenoxy) is 1. The molecule has 1 fully saturated rings. The summed E-state index contributed by atoms with van der Waals surface area (Å²) in [7, 11) is 0. The lowest BCUT2D eigenvalue weighted by atomic mass is 10.1. The Morgan fingerprint density at radius 1 is 1.12 bits per heavy atom. The molecule has 0 aliphatic carbocycles. The van der Waals surface area contributed by atoms with Crippen molar-refractivity contribution in [2.45, 2.75) is 6.92 Å². The number of amides is 4. The molecule has 0 bridgehead atoms. The fraction of sp³-hybridized carbons (Fsp3) is 0.105. The molecule has 2 aromatic rings. The van der Waals surface area contributed by atoms with Crippen LogP contribution in [0.15, 0.2) is 58.6 Å². The monoisotopic (exact) mass is 414 g/mol. The van der Waals surface area contributed by atoms with E-state index in [1.807, 2.05) is 6.92 Å². The largest absolute Gasteiger partial charge is 0.493 e. The van der Waals surface area contributed by atoms with Gasteiger partial charge in [0.2, 0.25) is 0 Å². The molecule has 1 aliphatic rings. The summed E-state index contributed by atoms with van der Waals surface area (Å²) in [4.78, 5) is 38.2. The number of hydrogen-bond acceptors (Lipinski definition) is 4. The lowest BCUT2D eigenvalue weighted by Gasteiger charge is -2.26. The fourth-order valence-corrected chi connectivity index (χ4v) is 2.94. The van der Waals surface area contributed by atoms with Crippen LogP contribution >= 0.6 is 15.9 Å². The van der Waals surface area contributed by atoms with Crippen LogP contribution in [0.5, 0.6) is 5.75 Å². The number of nitrogens with one attached hydrogen (secondary N) is 1. The molecule has 1 N–H and O–H groups in total. The standard InChI is InChI=1S/C19H15BrN2O4/c1-2-26-16-9-4-3-6-12(16)10-15-17(23)21-19(25)22(18(15)24)14-8-5-7-13(20)11-14/h3-11H,2H2,1H3,(H,21,23,25)/b15-10+. The molecule has 4 amide bonds. The van der Waals surface area contributed by atoms with Crippen LogP contribution < -0.4 is 15.0 Å². The van der Waals surface area contributed by atoms with Gasteiger partial charge in [-0.2, -0.15) is 0 Å². The van der Waals surface area contributed by atoms with Crippen LogP contribution in [0, 0.1) is 0 Å².